The van der Waals surface area contributed by atoms with Gasteiger partial charge in [-0.05, 0) is 42.5 Å². The van der Waals surface area contributed by atoms with Gasteiger partial charge in [0.15, 0.2) is 0 Å². The minimum atomic E-state index is -0.500. The standard InChI is InChI=1S/C24H23FN4O3/c25-23-4-2-1-3-19(23)17-27-13-15-28(16-14-27)21-11-7-20(8-12-21)26-24(30)18-5-9-22(10-6-18)29(31)32/h1-12H,13-17H2,(H,26,30). The van der Waals surface area contributed by atoms with Gasteiger partial charge >= 0.3 is 0 Å². The van der Waals surface area contributed by atoms with E-state index in [2.05, 4.69) is 15.1 Å². The number of nitrogens with zero attached hydrogens (tertiary/aromatic N) is 3. The van der Waals surface area contributed by atoms with Crippen LogP contribution in [0.1, 0.15) is 15.9 Å². The summed E-state index contributed by atoms with van der Waals surface area (Å²) >= 11 is 0. The summed E-state index contributed by atoms with van der Waals surface area (Å²) in [6.07, 6.45) is 0. The van der Waals surface area contributed by atoms with Crippen LogP contribution in [0, 0.1) is 15.9 Å². The van der Waals surface area contributed by atoms with Gasteiger partial charge in [-0.1, -0.05) is 18.2 Å². The Bertz CT molecular complexity index is 1090. The van der Waals surface area contributed by atoms with E-state index in [0.717, 1.165) is 31.9 Å². The van der Waals surface area contributed by atoms with Crippen molar-refractivity contribution in [1.29, 1.82) is 0 Å². The highest BCUT2D eigenvalue weighted by atomic mass is 19.1. The SMILES string of the molecule is O=C(Nc1ccc(N2CCN(Cc3ccccc3F)CC2)cc1)c1ccc([N+](=O)[O-])cc1. The van der Waals surface area contributed by atoms with Crippen molar-refractivity contribution in [3.63, 3.8) is 0 Å². The Hall–Kier alpha value is -3.78. The second-order valence-electron chi connectivity index (χ2n) is 7.66. The monoisotopic (exact) mass is 434 g/mol. The smallest absolute Gasteiger partial charge is 0.269 e. The van der Waals surface area contributed by atoms with E-state index in [1.165, 1.54) is 30.3 Å². The first-order valence-corrected chi connectivity index (χ1v) is 10.4. The predicted octanol–water partition coefficient (Wildman–Crippen LogP) is 4.31. The number of hydrogen-bond acceptors (Lipinski definition) is 5. The number of halogens is 1. The van der Waals surface area contributed by atoms with Gasteiger partial charge in [0.25, 0.3) is 11.6 Å². The van der Waals surface area contributed by atoms with E-state index >= 15 is 0 Å². The van der Waals surface area contributed by atoms with Gasteiger partial charge in [-0.15, -0.1) is 0 Å². The summed E-state index contributed by atoms with van der Waals surface area (Å²) in [5, 5.41) is 13.5. The van der Waals surface area contributed by atoms with Gasteiger partial charge in [0.1, 0.15) is 5.82 Å². The molecule has 0 radical (unpaired) electrons. The Morgan fingerprint density at radius 2 is 1.59 bits per heavy atom. The maximum absolute atomic E-state index is 13.9. The molecule has 1 fully saturated rings. The van der Waals surface area contributed by atoms with Crippen LogP contribution in [0.5, 0.6) is 0 Å². The Kier molecular flexibility index (Phi) is 6.42. The third kappa shape index (κ3) is 5.09. The van der Waals surface area contributed by atoms with Crippen LogP contribution in [0.3, 0.4) is 0 Å². The Balaban J connectivity index is 1.30. The summed E-state index contributed by atoms with van der Waals surface area (Å²) < 4.78 is 13.9. The van der Waals surface area contributed by atoms with Gasteiger partial charge in [-0.25, -0.2) is 4.39 Å². The van der Waals surface area contributed by atoms with Crippen molar-refractivity contribution >= 4 is 23.0 Å². The zero-order chi connectivity index (χ0) is 22.5. The van der Waals surface area contributed by atoms with Crippen molar-refractivity contribution in [3.05, 3.63) is 99.9 Å². The van der Waals surface area contributed by atoms with Crippen molar-refractivity contribution in [2.24, 2.45) is 0 Å². The molecule has 3 aromatic carbocycles. The van der Waals surface area contributed by atoms with E-state index in [-0.39, 0.29) is 17.4 Å². The van der Waals surface area contributed by atoms with Crippen LogP contribution in [0.25, 0.3) is 0 Å². The lowest BCUT2D eigenvalue weighted by Gasteiger charge is -2.36. The average molecular weight is 434 g/mol. The number of non-ortho nitro benzene ring substituents is 1. The summed E-state index contributed by atoms with van der Waals surface area (Å²) in [4.78, 5) is 27.1. The van der Waals surface area contributed by atoms with Crippen molar-refractivity contribution in [1.82, 2.24) is 4.90 Å². The molecule has 7 nitrogen and oxygen atoms in total. The number of rotatable bonds is 6. The summed E-state index contributed by atoms with van der Waals surface area (Å²) in [5.41, 5.74) is 2.72. The third-order valence-corrected chi connectivity index (χ3v) is 5.55. The van der Waals surface area contributed by atoms with E-state index in [4.69, 9.17) is 0 Å². The molecule has 32 heavy (non-hydrogen) atoms. The fourth-order valence-electron chi connectivity index (χ4n) is 3.73. The summed E-state index contributed by atoms with van der Waals surface area (Å²) in [6.45, 7) is 3.96. The molecule has 4 rings (SSSR count). The molecule has 0 bridgehead atoms. The summed E-state index contributed by atoms with van der Waals surface area (Å²) in [5.74, 6) is -0.490. The summed E-state index contributed by atoms with van der Waals surface area (Å²) in [7, 11) is 0. The number of carbonyl (C=O) groups is 1. The van der Waals surface area contributed by atoms with Crippen LogP contribution in [0.4, 0.5) is 21.5 Å². The molecule has 0 unspecified atom stereocenters. The van der Waals surface area contributed by atoms with Gasteiger partial charge in [0, 0.05) is 67.4 Å². The van der Waals surface area contributed by atoms with E-state index in [1.54, 1.807) is 6.07 Å². The van der Waals surface area contributed by atoms with Gasteiger partial charge in [0.2, 0.25) is 0 Å². The maximum Gasteiger partial charge on any atom is 0.269 e. The van der Waals surface area contributed by atoms with Crippen LogP contribution in [-0.4, -0.2) is 41.9 Å². The molecule has 1 amide bonds. The van der Waals surface area contributed by atoms with Crippen molar-refractivity contribution in [3.8, 4) is 0 Å². The van der Waals surface area contributed by atoms with Gasteiger partial charge in [-0.3, -0.25) is 19.8 Å². The zero-order valence-corrected chi connectivity index (χ0v) is 17.4. The number of benzene rings is 3. The molecule has 1 N–H and O–H groups in total. The maximum atomic E-state index is 13.9. The average Bonchev–Trinajstić information content (AvgIpc) is 2.82. The van der Waals surface area contributed by atoms with Gasteiger partial charge < -0.3 is 10.2 Å². The third-order valence-electron chi connectivity index (χ3n) is 5.55. The molecule has 164 valence electrons. The number of anilines is 2. The number of amides is 1. The Morgan fingerprint density at radius 3 is 2.22 bits per heavy atom. The molecule has 1 aliphatic rings. The molecule has 0 aliphatic carbocycles. The number of nitro groups is 1. The first kappa shape index (κ1) is 21.5. The predicted molar refractivity (Wildman–Crippen MR) is 121 cm³/mol. The number of nitrogens with one attached hydrogen (secondary N) is 1. The molecule has 8 heteroatoms. The van der Waals surface area contributed by atoms with Crippen LogP contribution in [0.15, 0.2) is 72.8 Å². The molecular formula is C24H23FN4O3. The number of hydrogen-bond donors (Lipinski definition) is 1. The molecule has 0 spiro atoms. The summed E-state index contributed by atoms with van der Waals surface area (Å²) in [6, 6.07) is 20.0. The first-order valence-electron chi connectivity index (χ1n) is 10.4. The van der Waals surface area contributed by atoms with E-state index in [1.807, 2.05) is 36.4 Å². The topological polar surface area (TPSA) is 78.7 Å². The first-order chi connectivity index (χ1) is 15.5. The van der Waals surface area contributed by atoms with Crippen LogP contribution in [-0.2, 0) is 6.54 Å². The highest BCUT2D eigenvalue weighted by molar-refractivity contribution is 6.04. The van der Waals surface area contributed by atoms with E-state index < -0.39 is 4.92 Å². The number of nitro benzene ring substituents is 1. The fraction of sp³-hybridized carbons (Fsp3) is 0.208. The van der Waals surface area contributed by atoms with Crippen molar-refractivity contribution in [2.45, 2.75) is 6.54 Å². The molecule has 0 atom stereocenters. The highest BCUT2D eigenvalue weighted by Crippen LogP contribution is 2.21. The minimum Gasteiger partial charge on any atom is -0.369 e. The molecule has 0 aromatic heterocycles. The quantitative estimate of drug-likeness (QED) is 0.462. The second-order valence-corrected chi connectivity index (χ2v) is 7.66. The van der Waals surface area contributed by atoms with Crippen LogP contribution in [0.2, 0.25) is 0 Å². The molecule has 1 aliphatic heterocycles. The highest BCUT2D eigenvalue weighted by Gasteiger charge is 2.18. The van der Waals surface area contributed by atoms with Crippen LogP contribution < -0.4 is 10.2 Å². The molecule has 1 saturated heterocycles. The number of piperazine rings is 1. The van der Waals surface area contributed by atoms with E-state index in [9.17, 15) is 19.3 Å². The van der Waals surface area contributed by atoms with Gasteiger partial charge in [0.05, 0.1) is 4.92 Å². The molecular weight excluding hydrogens is 411 g/mol. The normalized spacial score (nSPS) is 14.2. The largest absolute Gasteiger partial charge is 0.369 e. The van der Waals surface area contributed by atoms with Crippen molar-refractivity contribution < 1.29 is 14.1 Å². The second kappa shape index (κ2) is 9.57. The van der Waals surface area contributed by atoms with Crippen LogP contribution >= 0.6 is 0 Å². The zero-order valence-electron chi connectivity index (χ0n) is 17.4. The lowest BCUT2D eigenvalue weighted by molar-refractivity contribution is -0.384. The number of carbonyl (C=O) groups excluding carboxylic acids is 1. The van der Waals surface area contributed by atoms with Gasteiger partial charge in [-0.2, -0.15) is 0 Å². The fourth-order valence-corrected chi connectivity index (χ4v) is 3.73. The lowest BCUT2D eigenvalue weighted by atomic mass is 10.1. The minimum absolute atomic E-state index is 0.0556. The molecule has 0 saturated carbocycles. The Morgan fingerprint density at radius 1 is 0.938 bits per heavy atom. The van der Waals surface area contributed by atoms with E-state index in [0.29, 0.717) is 23.4 Å². The lowest BCUT2D eigenvalue weighted by Crippen LogP contribution is -2.46. The molecule has 1 heterocycles. The molecule has 3 aromatic rings. The Labute approximate surface area is 185 Å². The van der Waals surface area contributed by atoms with Crippen molar-refractivity contribution in [2.75, 3.05) is 36.4 Å².